The minimum absolute atomic E-state index is 0.176. The lowest BCUT2D eigenvalue weighted by atomic mass is 10.00. The fourth-order valence-corrected chi connectivity index (χ4v) is 1.94. The van der Waals surface area contributed by atoms with E-state index in [-0.39, 0.29) is 5.97 Å². The average Bonchev–Trinajstić information content (AvgIpc) is 2.66. The third kappa shape index (κ3) is 3.35. The first kappa shape index (κ1) is 10.5. The van der Waals surface area contributed by atoms with Crippen LogP contribution in [-0.4, -0.2) is 25.7 Å². The normalized spacial score (nSPS) is 20.2. The van der Waals surface area contributed by atoms with Crippen LogP contribution in [0.5, 0.6) is 0 Å². The van der Waals surface area contributed by atoms with Gasteiger partial charge in [0.05, 0.1) is 13.7 Å². The number of ether oxygens (including phenoxy) is 1. The number of methoxy groups -OCH3 is 1. The van der Waals surface area contributed by atoms with Gasteiger partial charge in [-0.3, -0.25) is 4.79 Å². The quantitative estimate of drug-likeness (QED) is 0.671. The Labute approximate surface area is 79.8 Å². The molecule has 0 spiro atoms. The van der Waals surface area contributed by atoms with Crippen LogP contribution in [0, 0.1) is 5.92 Å². The van der Waals surface area contributed by atoms with Gasteiger partial charge in [0.25, 0.3) is 0 Å². The summed E-state index contributed by atoms with van der Waals surface area (Å²) < 4.78 is 4.56. The van der Waals surface area contributed by atoms with Crippen molar-refractivity contribution in [1.29, 1.82) is 0 Å². The van der Waals surface area contributed by atoms with Gasteiger partial charge in [-0.25, -0.2) is 0 Å². The number of hydrogen-bond donors (Lipinski definition) is 1. The van der Waals surface area contributed by atoms with Crippen LogP contribution in [0.3, 0.4) is 0 Å². The van der Waals surface area contributed by atoms with E-state index >= 15 is 0 Å². The molecule has 0 heterocycles. The number of carbonyl (C=O) groups is 1. The zero-order valence-corrected chi connectivity index (χ0v) is 8.51. The lowest BCUT2D eigenvalue weighted by Crippen LogP contribution is -2.36. The topological polar surface area (TPSA) is 38.3 Å². The molecular formula is C10H19NO2. The van der Waals surface area contributed by atoms with E-state index in [1.165, 1.54) is 32.8 Å². The Morgan fingerprint density at radius 1 is 1.54 bits per heavy atom. The molecule has 3 nitrogen and oxygen atoms in total. The van der Waals surface area contributed by atoms with Gasteiger partial charge in [0, 0.05) is 6.04 Å². The Bertz CT molecular complexity index is 164. The van der Waals surface area contributed by atoms with Crippen molar-refractivity contribution < 1.29 is 9.53 Å². The highest BCUT2D eigenvalue weighted by molar-refractivity contribution is 5.71. The summed E-state index contributed by atoms with van der Waals surface area (Å²) in [5.74, 6) is 0.578. The number of rotatable bonds is 4. The fraction of sp³-hybridized carbons (Fsp3) is 0.900. The monoisotopic (exact) mass is 185 g/mol. The summed E-state index contributed by atoms with van der Waals surface area (Å²) in [5.41, 5.74) is 0. The van der Waals surface area contributed by atoms with Crippen LogP contribution in [0.15, 0.2) is 0 Å². The smallest absolute Gasteiger partial charge is 0.319 e. The van der Waals surface area contributed by atoms with E-state index in [1.54, 1.807) is 0 Å². The summed E-state index contributed by atoms with van der Waals surface area (Å²) in [6, 6.07) is 0.446. The molecule has 1 aliphatic rings. The van der Waals surface area contributed by atoms with Crippen molar-refractivity contribution in [1.82, 2.24) is 5.32 Å². The summed E-state index contributed by atoms with van der Waals surface area (Å²) in [6.07, 6.45) is 5.29. The molecule has 0 radical (unpaired) electrons. The third-order valence-corrected chi connectivity index (χ3v) is 2.90. The van der Waals surface area contributed by atoms with Crippen molar-refractivity contribution in [2.24, 2.45) is 5.92 Å². The number of nitrogens with one attached hydrogen (secondary N) is 1. The van der Waals surface area contributed by atoms with Crippen LogP contribution in [-0.2, 0) is 9.53 Å². The second kappa shape index (κ2) is 5.22. The molecule has 76 valence electrons. The molecule has 1 aliphatic carbocycles. The van der Waals surface area contributed by atoms with E-state index in [2.05, 4.69) is 17.0 Å². The van der Waals surface area contributed by atoms with E-state index in [0.29, 0.717) is 12.6 Å². The van der Waals surface area contributed by atoms with Crippen LogP contribution in [0.2, 0.25) is 0 Å². The van der Waals surface area contributed by atoms with Crippen LogP contribution in [0.1, 0.15) is 32.6 Å². The second-order valence-electron chi connectivity index (χ2n) is 3.79. The minimum Gasteiger partial charge on any atom is -0.468 e. The zero-order valence-electron chi connectivity index (χ0n) is 8.51. The molecular weight excluding hydrogens is 166 g/mol. The molecule has 13 heavy (non-hydrogen) atoms. The van der Waals surface area contributed by atoms with Gasteiger partial charge in [0.15, 0.2) is 0 Å². The first-order chi connectivity index (χ1) is 6.24. The predicted molar refractivity (Wildman–Crippen MR) is 51.4 cm³/mol. The summed E-state index contributed by atoms with van der Waals surface area (Å²) >= 11 is 0. The highest BCUT2D eigenvalue weighted by atomic mass is 16.5. The van der Waals surface area contributed by atoms with Gasteiger partial charge in [-0.15, -0.1) is 0 Å². The molecule has 1 rings (SSSR count). The van der Waals surface area contributed by atoms with Gasteiger partial charge >= 0.3 is 5.97 Å². The molecule has 0 saturated heterocycles. The molecule has 1 fully saturated rings. The first-order valence-electron chi connectivity index (χ1n) is 5.04. The van der Waals surface area contributed by atoms with Gasteiger partial charge in [0.1, 0.15) is 0 Å². The van der Waals surface area contributed by atoms with Crippen LogP contribution < -0.4 is 5.32 Å². The second-order valence-corrected chi connectivity index (χ2v) is 3.79. The van der Waals surface area contributed by atoms with Gasteiger partial charge in [0.2, 0.25) is 0 Å². The van der Waals surface area contributed by atoms with Crippen LogP contribution in [0.25, 0.3) is 0 Å². The molecule has 0 amide bonds. The molecule has 1 saturated carbocycles. The summed E-state index contributed by atoms with van der Waals surface area (Å²) in [7, 11) is 1.42. The Morgan fingerprint density at radius 2 is 2.15 bits per heavy atom. The van der Waals surface area contributed by atoms with Crippen molar-refractivity contribution in [3.8, 4) is 0 Å². The number of carbonyl (C=O) groups excluding carboxylic acids is 1. The maximum absolute atomic E-state index is 10.8. The summed E-state index contributed by atoms with van der Waals surface area (Å²) in [6.45, 7) is 2.49. The van der Waals surface area contributed by atoms with Crippen molar-refractivity contribution in [3.63, 3.8) is 0 Å². The first-order valence-corrected chi connectivity index (χ1v) is 5.04. The summed E-state index contributed by atoms with van der Waals surface area (Å²) in [5, 5.41) is 3.20. The SMILES string of the molecule is COC(=O)CN[C@@H](C)C1CCCC1. The van der Waals surface area contributed by atoms with Crippen LogP contribution in [0.4, 0.5) is 0 Å². The molecule has 0 aliphatic heterocycles. The molecule has 0 bridgehead atoms. The molecule has 1 N–H and O–H groups in total. The maximum atomic E-state index is 10.8. The lowest BCUT2D eigenvalue weighted by molar-refractivity contribution is -0.139. The Hall–Kier alpha value is -0.570. The van der Waals surface area contributed by atoms with E-state index < -0.39 is 0 Å². The molecule has 3 heteroatoms. The highest BCUT2D eigenvalue weighted by Gasteiger charge is 2.21. The zero-order chi connectivity index (χ0) is 9.68. The lowest BCUT2D eigenvalue weighted by Gasteiger charge is -2.19. The molecule has 1 atom stereocenters. The van der Waals surface area contributed by atoms with E-state index in [0.717, 1.165) is 5.92 Å². The van der Waals surface area contributed by atoms with Gasteiger partial charge in [-0.05, 0) is 25.7 Å². The van der Waals surface area contributed by atoms with Crippen LogP contribution >= 0.6 is 0 Å². The van der Waals surface area contributed by atoms with Gasteiger partial charge in [-0.2, -0.15) is 0 Å². The van der Waals surface area contributed by atoms with Crippen molar-refractivity contribution in [3.05, 3.63) is 0 Å². The van der Waals surface area contributed by atoms with Gasteiger partial charge < -0.3 is 10.1 Å². The Balaban J connectivity index is 2.16. The molecule has 0 aromatic heterocycles. The number of hydrogen-bond acceptors (Lipinski definition) is 3. The van der Waals surface area contributed by atoms with Crippen molar-refractivity contribution in [2.45, 2.75) is 38.6 Å². The summed E-state index contributed by atoms with van der Waals surface area (Å²) in [4.78, 5) is 10.8. The minimum atomic E-state index is -0.176. The van der Waals surface area contributed by atoms with E-state index in [1.807, 2.05) is 0 Å². The molecule has 0 aromatic carbocycles. The Morgan fingerprint density at radius 3 is 2.69 bits per heavy atom. The average molecular weight is 185 g/mol. The van der Waals surface area contributed by atoms with E-state index in [4.69, 9.17) is 0 Å². The van der Waals surface area contributed by atoms with Crippen molar-refractivity contribution in [2.75, 3.05) is 13.7 Å². The molecule has 0 aromatic rings. The fourth-order valence-electron chi connectivity index (χ4n) is 1.94. The van der Waals surface area contributed by atoms with Gasteiger partial charge in [-0.1, -0.05) is 12.8 Å². The van der Waals surface area contributed by atoms with Crippen molar-refractivity contribution >= 4 is 5.97 Å². The van der Waals surface area contributed by atoms with E-state index in [9.17, 15) is 4.79 Å². The Kier molecular flexibility index (Phi) is 4.22. The maximum Gasteiger partial charge on any atom is 0.319 e. The predicted octanol–water partition coefficient (Wildman–Crippen LogP) is 1.33. The molecule has 0 unspecified atom stereocenters. The standard InChI is InChI=1S/C10H19NO2/c1-8(9-5-3-4-6-9)11-7-10(12)13-2/h8-9,11H,3-7H2,1-2H3/t8-/m0/s1. The third-order valence-electron chi connectivity index (χ3n) is 2.90. The highest BCUT2D eigenvalue weighted by Crippen LogP contribution is 2.27. The largest absolute Gasteiger partial charge is 0.468 e. The number of esters is 1.